The molecule has 4 nitrogen and oxygen atoms in total. The van der Waals surface area contributed by atoms with Crippen molar-refractivity contribution in [3.63, 3.8) is 0 Å². The monoisotopic (exact) mass is 209 g/mol. The zero-order valence-electron chi connectivity index (χ0n) is 9.44. The quantitative estimate of drug-likeness (QED) is 0.812. The second-order valence-electron chi connectivity index (χ2n) is 4.48. The third-order valence-electron chi connectivity index (χ3n) is 2.52. The molecule has 2 heterocycles. The van der Waals surface area contributed by atoms with E-state index in [2.05, 4.69) is 24.3 Å². The molecule has 0 amide bonds. The first-order valence-electron chi connectivity index (χ1n) is 5.65. The number of hydrogen-bond acceptors (Lipinski definition) is 3. The third-order valence-corrected chi connectivity index (χ3v) is 2.52. The van der Waals surface area contributed by atoms with Crippen LogP contribution in [0.25, 0.3) is 0 Å². The van der Waals surface area contributed by atoms with Gasteiger partial charge in [-0.1, -0.05) is 13.8 Å². The number of aromatic nitrogens is 2. The van der Waals surface area contributed by atoms with Crippen molar-refractivity contribution >= 4 is 0 Å². The molecule has 1 aliphatic heterocycles. The molecule has 1 N–H and O–H groups in total. The number of hydrogen-bond donors (Lipinski definition) is 1. The molecule has 1 aliphatic rings. The van der Waals surface area contributed by atoms with Crippen LogP contribution < -0.4 is 10.1 Å². The largest absolute Gasteiger partial charge is 0.473 e. The molecule has 1 atom stereocenters. The lowest BCUT2D eigenvalue weighted by atomic mass is 10.2. The Hall–Kier alpha value is -1.03. The molecule has 0 spiro atoms. The molecule has 0 radical (unpaired) electrons. The topological polar surface area (TPSA) is 39.1 Å². The van der Waals surface area contributed by atoms with Crippen molar-refractivity contribution in [2.75, 3.05) is 13.1 Å². The molecule has 0 bridgehead atoms. The third kappa shape index (κ3) is 2.72. The van der Waals surface area contributed by atoms with Gasteiger partial charge in [-0.25, -0.2) is 4.68 Å². The van der Waals surface area contributed by atoms with E-state index in [0.29, 0.717) is 12.0 Å². The van der Waals surface area contributed by atoms with Gasteiger partial charge in [0.05, 0.1) is 6.20 Å². The van der Waals surface area contributed by atoms with E-state index in [-0.39, 0.29) is 0 Å². The van der Waals surface area contributed by atoms with Crippen molar-refractivity contribution in [1.29, 1.82) is 0 Å². The van der Waals surface area contributed by atoms with Crippen molar-refractivity contribution in [3.8, 4) is 5.88 Å². The molecular weight excluding hydrogens is 190 g/mol. The summed E-state index contributed by atoms with van der Waals surface area (Å²) in [5.41, 5.74) is 0. The normalized spacial score (nSPS) is 21.1. The highest BCUT2D eigenvalue weighted by Gasteiger charge is 2.17. The fraction of sp³-hybridized carbons (Fsp3) is 0.727. The lowest BCUT2D eigenvalue weighted by Gasteiger charge is -2.14. The van der Waals surface area contributed by atoms with E-state index in [1.165, 1.54) is 0 Å². The van der Waals surface area contributed by atoms with Gasteiger partial charge in [0, 0.05) is 19.2 Å². The Morgan fingerprint density at radius 2 is 2.53 bits per heavy atom. The van der Waals surface area contributed by atoms with Crippen molar-refractivity contribution in [2.24, 2.45) is 5.92 Å². The molecule has 84 valence electrons. The molecule has 0 aliphatic carbocycles. The highest BCUT2D eigenvalue weighted by molar-refractivity contribution is 5.08. The van der Waals surface area contributed by atoms with Crippen LogP contribution >= 0.6 is 0 Å². The Kier molecular flexibility index (Phi) is 3.26. The van der Waals surface area contributed by atoms with E-state index in [0.717, 1.165) is 31.9 Å². The zero-order valence-corrected chi connectivity index (χ0v) is 9.44. The molecule has 0 saturated carbocycles. The fourth-order valence-electron chi connectivity index (χ4n) is 1.80. The SMILES string of the molecule is CC(C)Cn1nccc1OC1CCNC1. The maximum absolute atomic E-state index is 5.89. The van der Waals surface area contributed by atoms with Crippen LogP contribution in [-0.4, -0.2) is 29.0 Å². The Labute approximate surface area is 90.6 Å². The number of nitrogens with one attached hydrogen (secondary N) is 1. The summed E-state index contributed by atoms with van der Waals surface area (Å²) in [5.74, 6) is 1.49. The van der Waals surface area contributed by atoms with Crippen LogP contribution in [0.3, 0.4) is 0 Å². The van der Waals surface area contributed by atoms with Gasteiger partial charge in [-0.15, -0.1) is 0 Å². The Morgan fingerprint density at radius 1 is 1.67 bits per heavy atom. The van der Waals surface area contributed by atoms with E-state index in [9.17, 15) is 0 Å². The summed E-state index contributed by atoms with van der Waals surface area (Å²) in [6.07, 6.45) is 3.21. The minimum atomic E-state index is 0.313. The van der Waals surface area contributed by atoms with Crippen molar-refractivity contribution < 1.29 is 4.74 Å². The molecule has 1 aromatic rings. The van der Waals surface area contributed by atoms with Crippen LogP contribution in [0.5, 0.6) is 5.88 Å². The van der Waals surface area contributed by atoms with Gasteiger partial charge in [-0.2, -0.15) is 5.10 Å². The van der Waals surface area contributed by atoms with Crippen molar-refractivity contribution in [1.82, 2.24) is 15.1 Å². The van der Waals surface area contributed by atoms with Gasteiger partial charge >= 0.3 is 0 Å². The average Bonchev–Trinajstić information content (AvgIpc) is 2.78. The van der Waals surface area contributed by atoms with E-state index in [4.69, 9.17) is 4.74 Å². The second kappa shape index (κ2) is 4.66. The van der Waals surface area contributed by atoms with Gasteiger partial charge in [-0.3, -0.25) is 0 Å². The molecule has 1 unspecified atom stereocenters. The van der Waals surface area contributed by atoms with E-state index < -0.39 is 0 Å². The average molecular weight is 209 g/mol. The molecule has 1 saturated heterocycles. The van der Waals surface area contributed by atoms with Crippen LogP contribution in [0.15, 0.2) is 12.3 Å². The molecule has 1 fully saturated rings. The predicted molar refractivity (Wildman–Crippen MR) is 59.0 cm³/mol. The van der Waals surface area contributed by atoms with Gasteiger partial charge in [0.15, 0.2) is 0 Å². The van der Waals surface area contributed by atoms with Gasteiger partial charge in [0.25, 0.3) is 0 Å². The lowest BCUT2D eigenvalue weighted by Crippen LogP contribution is -2.21. The minimum absolute atomic E-state index is 0.313. The van der Waals surface area contributed by atoms with Crippen LogP contribution in [0.4, 0.5) is 0 Å². The minimum Gasteiger partial charge on any atom is -0.473 e. The Bertz CT molecular complexity index is 303. The molecule has 15 heavy (non-hydrogen) atoms. The number of nitrogens with zero attached hydrogens (tertiary/aromatic N) is 2. The molecule has 0 aromatic carbocycles. The highest BCUT2D eigenvalue weighted by atomic mass is 16.5. The summed E-state index contributed by atoms with van der Waals surface area (Å²) in [7, 11) is 0. The number of rotatable bonds is 4. The lowest BCUT2D eigenvalue weighted by molar-refractivity contribution is 0.197. The van der Waals surface area contributed by atoms with Crippen LogP contribution in [0.2, 0.25) is 0 Å². The van der Waals surface area contributed by atoms with Crippen LogP contribution in [-0.2, 0) is 6.54 Å². The van der Waals surface area contributed by atoms with E-state index in [1.54, 1.807) is 6.20 Å². The van der Waals surface area contributed by atoms with Crippen molar-refractivity contribution in [2.45, 2.75) is 32.9 Å². The molecule has 2 rings (SSSR count). The first-order chi connectivity index (χ1) is 7.25. The Morgan fingerprint density at radius 3 is 3.20 bits per heavy atom. The fourth-order valence-corrected chi connectivity index (χ4v) is 1.80. The first-order valence-corrected chi connectivity index (χ1v) is 5.65. The Balaban J connectivity index is 1.97. The van der Waals surface area contributed by atoms with Gasteiger partial charge in [-0.05, 0) is 18.9 Å². The maximum atomic E-state index is 5.89. The number of ether oxygens (including phenoxy) is 1. The summed E-state index contributed by atoms with van der Waals surface area (Å²) in [4.78, 5) is 0. The standard InChI is InChI=1S/C11H19N3O/c1-9(2)8-14-11(4-6-13-14)15-10-3-5-12-7-10/h4,6,9-10,12H,3,5,7-8H2,1-2H3. The predicted octanol–water partition coefficient (Wildman–Crippen LogP) is 1.28. The molecule has 4 heteroatoms. The van der Waals surface area contributed by atoms with Gasteiger partial charge in [0.2, 0.25) is 5.88 Å². The van der Waals surface area contributed by atoms with Crippen LogP contribution in [0.1, 0.15) is 20.3 Å². The van der Waals surface area contributed by atoms with E-state index in [1.807, 2.05) is 10.7 Å². The smallest absolute Gasteiger partial charge is 0.212 e. The summed E-state index contributed by atoms with van der Waals surface area (Å²) >= 11 is 0. The van der Waals surface area contributed by atoms with Gasteiger partial charge in [0.1, 0.15) is 6.10 Å². The van der Waals surface area contributed by atoms with Crippen molar-refractivity contribution in [3.05, 3.63) is 12.3 Å². The maximum Gasteiger partial charge on any atom is 0.212 e. The summed E-state index contributed by atoms with van der Waals surface area (Å²) in [6, 6.07) is 1.95. The van der Waals surface area contributed by atoms with Crippen LogP contribution in [0, 0.1) is 5.92 Å². The molecule has 1 aromatic heterocycles. The molecular formula is C11H19N3O. The highest BCUT2D eigenvalue weighted by Crippen LogP contribution is 2.15. The zero-order chi connectivity index (χ0) is 10.7. The van der Waals surface area contributed by atoms with Gasteiger partial charge < -0.3 is 10.1 Å². The van der Waals surface area contributed by atoms with E-state index >= 15 is 0 Å². The first kappa shape index (κ1) is 10.5. The summed E-state index contributed by atoms with van der Waals surface area (Å²) < 4.78 is 7.83. The summed E-state index contributed by atoms with van der Waals surface area (Å²) in [5, 5.41) is 7.56. The second-order valence-corrected chi connectivity index (χ2v) is 4.48. The summed E-state index contributed by atoms with van der Waals surface area (Å²) in [6.45, 7) is 7.30.